The molecule has 8 rings (SSSR count). The van der Waals surface area contributed by atoms with Gasteiger partial charge >= 0.3 is 0 Å². The molecule has 0 heterocycles. The number of benzene rings is 8. The maximum atomic E-state index is 2.52. The minimum absolute atomic E-state index is 0.347. The summed E-state index contributed by atoms with van der Waals surface area (Å²) in [6.07, 6.45) is 0. The monoisotopic (exact) mass is 676 g/mol. The fourth-order valence-electron chi connectivity index (χ4n) is 8.60. The Morgan fingerprint density at radius 2 is 0.712 bits per heavy atom. The fourth-order valence-corrected chi connectivity index (χ4v) is 8.60. The van der Waals surface area contributed by atoms with Crippen LogP contribution in [0.15, 0.2) is 133 Å². The predicted octanol–water partition coefficient (Wildman–Crippen LogP) is 15.0. The molecule has 0 saturated heterocycles. The molecule has 0 N–H and O–H groups in total. The zero-order valence-electron chi connectivity index (χ0n) is 31.8. The highest BCUT2D eigenvalue weighted by atomic mass is 15.2. The first-order valence-corrected chi connectivity index (χ1v) is 18.8. The highest BCUT2D eigenvalue weighted by Gasteiger charge is 2.27. The molecule has 258 valence electrons. The average Bonchev–Trinajstić information content (AvgIpc) is 3.14. The molecule has 2 heteroatoms. The average molecular weight is 677 g/mol. The lowest BCUT2D eigenvalue weighted by molar-refractivity contribution is 0.876. The van der Waals surface area contributed by atoms with Crippen LogP contribution in [0.3, 0.4) is 0 Å². The van der Waals surface area contributed by atoms with Crippen molar-refractivity contribution in [2.24, 2.45) is 0 Å². The van der Waals surface area contributed by atoms with E-state index in [9.17, 15) is 0 Å². The van der Waals surface area contributed by atoms with Gasteiger partial charge in [-0.05, 0) is 131 Å². The van der Waals surface area contributed by atoms with Crippen LogP contribution in [0, 0.1) is 27.7 Å². The lowest BCUT2D eigenvalue weighted by Gasteiger charge is -2.33. The van der Waals surface area contributed by atoms with E-state index in [-0.39, 0.29) is 0 Å². The molecule has 0 unspecified atom stereocenters. The second-order valence-electron chi connectivity index (χ2n) is 15.2. The minimum Gasteiger partial charge on any atom is -0.309 e. The zero-order valence-corrected chi connectivity index (χ0v) is 31.8. The van der Waals surface area contributed by atoms with Crippen LogP contribution in [0.4, 0.5) is 34.1 Å². The predicted molar refractivity (Wildman–Crippen MR) is 227 cm³/mol. The van der Waals surface area contributed by atoms with E-state index >= 15 is 0 Å². The summed E-state index contributed by atoms with van der Waals surface area (Å²) in [4.78, 5) is 5.03. The van der Waals surface area contributed by atoms with E-state index in [4.69, 9.17) is 0 Å². The van der Waals surface area contributed by atoms with Gasteiger partial charge in [0.1, 0.15) is 0 Å². The highest BCUT2D eigenvalue weighted by Crippen LogP contribution is 2.52. The van der Waals surface area contributed by atoms with Crippen molar-refractivity contribution in [2.75, 3.05) is 9.80 Å². The van der Waals surface area contributed by atoms with Crippen LogP contribution in [0.1, 0.15) is 72.9 Å². The molecule has 8 aromatic rings. The van der Waals surface area contributed by atoms with E-state index in [2.05, 4.69) is 199 Å². The van der Waals surface area contributed by atoms with Gasteiger partial charge in [0.05, 0.1) is 22.7 Å². The van der Waals surface area contributed by atoms with Gasteiger partial charge in [-0.15, -0.1) is 0 Å². The molecule has 0 spiro atoms. The lowest BCUT2D eigenvalue weighted by Crippen LogP contribution is -2.15. The standard InChI is InChI=1S/C50H48N2/c1-31(2)39-25-27-41-46(52(38-23-13-10-14-24-38)50-35(7)19-16-20-36(50)8)30-44-40(32(3)4)26-28-42-45(29-43(39)47(41)48(42)44)51(37-21-11-9-12-22-37)49-33(5)17-15-18-34(49)6/h9-32H,1-8H3. The Bertz CT molecular complexity index is 2340. The lowest BCUT2D eigenvalue weighted by atomic mass is 9.83. The van der Waals surface area contributed by atoms with E-state index < -0.39 is 0 Å². The van der Waals surface area contributed by atoms with Crippen molar-refractivity contribution in [3.8, 4) is 0 Å². The van der Waals surface area contributed by atoms with E-state index in [0.717, 1.165) is 11.4 Å². The Kier molecular flexibility index (Phi) is 8.50. The van der Waals surface area contributed by atoms with Gasteiger partial charge in [-0.2, -0.15) is 0 Å². The Balaban J connectivity index is 1.58. The van der Waals surface area contributed by atoms with E-state index in [0.29, 0.717) is 11.8 Å². The summed E-state index contributed by atoms with van der Waals surface area (Å²) in [5.74, 6) is 0.694. The van der Waals surface area contributed by atoms with Gasteiger partial charge in [0.25, 0.3) is 0 Å². The molecule has 0 amide bonds. The largest absolute Gasteiger partial charge is 0.309 e. The van der Waals surface area contributed by atoms with Crippen molar-refractivity contribution in [2.45, 2.75) is 67.2 Å². The fraction of sp³-hybridized carbons (Fsp3) is 0.200. The summed E-state index contributed by atoms with van der Waals surface area (Å²) in [7, 11) is 0. The van der Waals surface area contributed by atoms with E-state index in [1.54, 1.807) is 0 Å². The first-order chi connectivity index (χ1) is 25.2. The van der Waals surface area contributed by atoms with Crippen molar-refractivity contribution < 1.29 is 0 Å². The molecule has 0 fully saturated rings. The number of nitrogens with zero attached hydrogens (tertiary/aromatic N) is 2. The molecule has 0 aromatic heterocycles. The maximum Gasteiger partial charge on any atom is 0.0546 e. The van der Waals surface area contributed by atoms with Crippen LogP contribution in [0.2, 0.25) is 0 Å². The summed E-state index contributed by atoms with van der Waals surface area (Å²) in [6, 6.07) is 49.7. The van der Waals surface area contributed by atoms with E-state index in [1.807, 2.05) is 0 Å². The maximum absolute atomic E-state index is 2.52. The summed E-state index contributed by atoms with van der Waals surface area (Å²) >= 11 is 0. The summed E-state index contributed by atoms with van der Waals surface area (Å²) < 4.78 is 0. The van der Waals surface area contributed by atoms with Gasteiger partial charge in [-0.3, -0.25) is 0 Å². The molecule has 0 atom stereocenters. The molecular weight excluding hydrogens is 629 g/mol. The van der Waals surface area contributed by atoms with Crippen LogP contribution in [-0.2, 0) is 0 Å². The summed E-state index contributed by atoms with van der Waals surface area (Å²) in [6.45, 7) is 18.3. The number of hydrogen-bond acceptors (Lipinski definition) is 2. The number of rotatable bonds is 8. The Morgan fingerprint density at radius 3 is 1.04 bits per heavy atom. The quantitative estimate of drug-likeness (QED) is 0.148. The third kappa shape index (κ3) is 5.40. The molecule has 0 aliphatic carbocycles. The first kappa shape index (κ1) is 33.5. The number of anilines is 6. The van der Waals surface area contributed by atoms with Crippen LogP contribution < -0.4 is 9.80 Å². The topological polar surface area (TPSA) is 6.48 Å². The van der Waals surface area contributed by atoms with Gasteiger partial charge in [-0.1, -0.05) is 125 Å². The second kappa shape index (κ2) is 13.2. The molecule has 8 aromatic carbocycles. The van der Waals surface area contributed by atoms with Crippen molar-refractivity contribution >= 4 is 66.4 Å². The number of aryl methyl sites for hydroxylation is 4. The summed E-state index contributed by atoms with van der Waals surface area (Å²) in [5, 5.41) is 7.89. The smallest absolute Gasteiger partial charge is 0.0546 e. The van der Waals surface area contributed by atoms with Gasteiger partial charge in [-0.25, -0.2) is 0 Å². The van der Waals surface area contributed by atoms with Gasteiger partial charge < -0.3 is 9.80 Å². The van der Waals surface area contributed by atoms with Gasteiger partial charge in [0.15, 0.2) is 0 Å². The molecule has 2 nitrogen and oxygen atoms in total. The molecule has 0 bridgehead atoms. The Hall–Kier alpha value is -5.60. The normalized spacial score (nSPS) is 11.8. The summed E-state index contributed by atoms with van der Waals surface area (Å²) in [5.41, 5.74) is 15.0. The van der Waals surface area contributed by atoms with Crippen molar-refractivity contribution in [1.82, 2.24) is 0 Å². The van der Waals surface area contributed by atoms with Crippen LogP contribution in [0.25, 0.3) is 32.3 Å². The molecule has 0 saturated carbocycles. The molecule has 52 heavy (non-hydrogen) atoms. The van der Waals surface area contributed by atoms with Crippen molar-refractivity contribution in [3.63, 3.8) is 0 Å². The second-order valence-corrected chi connectivity index (χ2v) is 15.2. The van der Waals surface area contributed by atoms with E-state index in [1.165, 1.54) is 88.4 Å². The highest BCUT2D eigenvalue weighted by molar-refractivity contribution is 6.31. The third-order valence-electron chi connectivity index (χ3n) is 11.0. The molecular formula is C50H48N2. The molecule has 0 aliphatic rings. The number of hydrogen-bond donors (Lipinski definition) is 0. The molecule has 0 radical (unpaired) electrons. The minimum atomic E-state index is 0.347. The van der Waals surface area contributed by atoms with Crippen LogP contribution in [-0.4, -0.2) is 0 Å². The zero-order chi connectivity index (χ0) is 36.3. The Labute approximate surface area is 309 Å². The van der Waals surface area contributed by atoms with Crippen LogP contribution >= 0.6 is 0 Å². The Morgan fingerprint density at radius 1 is 0.365 bits per heavy atom. The third-order valence-corrected chi connectivity index (χ3v) is 11.0. The number of para-hydroxylation sites is 4. The van der Waals surface area contributed by atoms with Crippen LogP contribution in [0.5, 0.6) is 0 Å². The van der Waals surface area contributed by atoms with Gasteiger partial charge in [0, 0.05) is 22.1 Å². The first-order valence-electron chi connectivity index (χ1n) is 18.8. The van der Waals surface area contributed by atoms with Gasteiger partial charge in [0.2, 0.25) is 0 Å². The SMILES string of the molecule is Cc1cccc(C)c1N(c1ccccc1)c1cc2c(C(C)C)ccc3c(N(c4ccccc4)c4c(C)cccc4C)cc4c(C(C)C)ccc1c4c23. The van der Waals surface area contributed by atoms with Crippen molar-refractivity contribution in [3.05, 3.63) is 167 Å². The molecule has 0 aliphatic heterocycles. The van der Waals surface area contributed by atoms with Crippen molar-refractivity contribution in [1.29, 1.82) is 0 Å².